The van der Waals surface area contributed by atoms with Gasteiger partial charge in [0.05, 0.1) is 6.10 Å². The van der Waals surface area contributed by atoms with Crippen molar-refractivity contribution in [3.8, 4) is 0 Å². The molecule has 5 heteroatoms. The third-order valence-electron chi connectivity index (χ3n) is 2.50. The minimum absolute atomic E-state index is 0.0753. The number of esters is 2. The van der Waals surface area contributed by atoms with Gasteiger partial charge in [-0.1, -0.05) is 19.4 Å². The van der Waals surface area contributed by atoms with Gasteiger partial charge in [0.25, 0.3) is 0 Å². The number of hydrogen-bond donors (Lipinski definition) is 0. The maximum absolute atomic E-state index is 11.1. The summed E-state index contributed by atoms with van der Waals surface area (Å²) >= 11 is 0. The SMILES string of the molecule is C=C(C)C(=O)OCC(=O)OCOC1CCCC1. The van der Waals surface area contributed by atoms with E-state index < -0.39 is 18.5 Å². The predicted molar refractivity (Wildman–Crippen MR) is 60.1 cm³/mol. The molecule has 5 nitrogen and oxygen atoms in total. The fraction of sp³-hybridized carbons (Fsp3) is 0.667. The molecule has 0 aromatic rings. The number of carbonyl (C=O) groups is 2. The van der Waals surface area contributed by atoms with Gasteiger partial charge in [0.2, 0.25) is 0 Å². The van der Waals surface area contributed by atoms with Gasteiger partial charge in [-0.2, -0.15) is 0 Å². The van der Waals surface area contributed by atoms with E-state index in [-0.39, 0.29) is 18.5 Å². The molecule has 96 valence electrons. The van der Waals surface area contributed by atoms with Crippen LogP contribution in [0.2, 0.25) is 0 Å². The average molecular weight is 242 g/mol. The molecule has 0 radical (unpaired) electrons. The molecule has 1 saturated carbocycles. The molecular weight excluding hydrogens is 224 g/mol. The Balaban J connectivity index is 2.04. The minimum Gasteiger partial charge on any atom is -0.450 e. The summed E-state index contributed by atoms with van der Waals surface area (Å²) in [4.78, 5) is 22.1. The monoisotopic (exact) mass is 242 g/mol. The third-order valence-corrected chi connectivity index (χ3v) is 2.50. The summed E-state index contributed by atoms with van der Waals surface area (Å²) in [5.41, 5.74) is 0.250. The lowest BCUT2D eigenvalue weighted by atomic mass is 10.3. The molecule has 0 saturated heterocycles. The van der Waals surface area contributed by atoms with Crippen molar-refractivity contribution in [2.45, 2.75) is 38.7 Å². The Morgan fingerprint density at radius 2 is 1.88 bits per heavy atom. The number of rotatable bonds is 6. The van der Waals surface area contributed by atoms with Crippen molar-refractivity contribution in [2.24, 2.45) is 0 Å². The maximum Gasteiger partial charge on any atom is 0.346 e. The zero-order chi connectivity index (χ0) is 12.7. The quantitative estimate of drug-likeness (QED) is 0.402. The van der Waals surface area contributed by atoms with Crippen LogP contribution in [0.1, 0.15) is 32.6 Å². The molecule has 0 amide bonds. The lowest BCUT2D eigenvalue weighted by Crippen LogP contribution is -2.19. The van der Waals surface area contributed by atoms with Crippen molar-refractivity contribution in [3.63, 3.8) is 0 Å². The highest BCUT2D eigenvalue weighted by molar-refractivity contribution is 5.88. The van der Waals surface area contributed by atoms with Crippen LogP contribution >= 0.6 is 0 Å². The average Bonchev–Trinajstić information content (AvgIpc) is 2.78. The van der Waals surface area contributed by atoms with Crippen LogP contribution in [0.4, 0.5) is 0 Å². The van der Waals surface area contributed by atoms with Gasteiger partial charge in [-0.25, -0.2) is 9.59 Å². The molecule has 0 aromatic heterocycles. The van der Waals surface area contributed by atoms with Gasteiger partial charge in [-0.3, -0.25) is 0 Å². The van der Waals surface area contributed by atoms with Gasteiger partial charge in [0.15, 0.2) is 13.4 Å². The van der Waals surface area contributed by atoms with E-state index in [0.29, 0.717) is 0 Å². The molecule has 0 aliphatic heterocycles. The molecule has 1 fully saturated rings. The first-order valence-corrected chi connectivity index (χ1v) is 5.69. The van der Waals surface area contributed by atoms with Crippen LogP contribution in [0.3, 0.4) is 0 Å². The van der Waals surface area contributed by atoms with E-state index in [1.54, 1.807) is 0 Å². The van der Waals surface area contributed by atoms with Crippen LogP contribution in [0.5, 0.6) is 0 Å². The van der Waals surface area contributed by atoms with Crippen LogP contribution in [-0.2, 0) is 23.8 Å². The predicted octanol–water partition coefficient (Wildman–Crippen LogP) is 1.57. The summed E-state index contributed by atoms with van der Waals surface area (Å²) in [5, 5.41) is 0. The van der Waals surface area contributed by atoms with E-state index in [0.717, 1.165) is 25.7 Å². The molecular formula is C12H18O5. The second kappa shape index (κ2) is 7.06. The molecule has 0 heterocycles. The van der Waals surface area contributed by atoms with Crippen LogP contribution in [0.15, 0.2) is 12.2 Å². The Morgan fingerprint density at radius 1 is 1.24 bits per heavy atom. The highest BCUT2D eigenvalue weighted by atomic mass is 16.7. The summed E-state index contributed by atoms with van der Waals surface area (Å²) in [6.45, 7) is 4.43. The fourth-order valence-electron chi connectivity index (χ4n) is 1.54. The van der Waals surface area contributed by atoms with E-state index in [4.69, 9.17) is 9.47 Å². The first-order valence-electron chi connectivity index (χ1n) is 5.69. The second-order valence-electron chi connectivity index (χ2n) is 4.06. The van der Waals surface area contributed by atoms with Crippen LogP contribution in [0.25, 0.3) is 0 Å². The Hall–Kier alpha value is -1.36. The normalized spacial score (nSPS) is 15.6. The highest BCUT2D eigenvalue weighted by Crippen LogP contribution is 2.20. The van der Waals surface area contributed by atoms with Crippen molar-refractivity contribution >= 4 is 11.9 Å². The summed E-state index contributed by atoms with van der Waals surface area (Å²) in [6.07, 6.45) is 4.55. The summed E-state index contributed by atoms with van der Waals surface area (Å²) in [5.74, 6) is -1.21. The first-order chi connectivity index (χ1) is 8.09. The zero-order valence-corrected chi connectivity index (χ0v) is 10.1. The topological polar surface area (TPSA) is 61.8 Å². The fourth-order valence-corrected chi connectivity index (χ4v) is 1.54. The largest absolute Gasteiger partial charge is 0.450 e. The van der Waals surface area contributed by atoms with Crippen LogP contribution < -0.4 is 0 Å². The number of carbonyl (C=O) groups excluding carboxylic acids is 2. The van der Waals surface area contributed by atoms with E-state index in [9.17, 15) is 9.59 Å². The molecule has 0 atom stereocenters. The van der Waals surface area contributed by atoms with E-state index >= 15 is 0 Å². The molecule has 0 bridgehead atoms. The lowest BCUT2D eigenvalue weighted by Gasteiger charge is -2.11. The number of hydrogen-bond acceptors (Lipinski definition) is 5. The second-order valence-corrected chi connectivity index (χ2v) is 4.06. The Bertz CT molecular complexity index is 291. The highest BCUT2D eigenvalue weighted by Gasteiger charge is 2.16. The Morgan fingerprint density at radius 3 is 2.47 bits per heavy atom. The number of ether oxygens (including phenoxy) is 3. The van der Waals surface area contributed by atoms with Crippen molar-refractivity contribution < 1.29 is 23.8 Å². The third kappa shape index (κ3) is 5.49. The lowest BCUT2D eigenvalue weighted by molar-refractivity contribution is -0.169. The van der Waals surface area contributed by atoms with E-state index in [2.05, 4.69) is 11.3 Å². The summed E-state index contributed by atoms with van der Waals surface area (Å²) in [7, 11) is 0. The molecule has 1 aliphatic carbocycles. The zero-order valence-electron chi connectivity index (χ0n) is 10.1. The molecule has 0 spiro atoms. The maximum atomic E-state index is 11.1. The van der Waals surface area contributed by atoms with Crippen LogP contribution in [-0.4, -0.2) is 31.4 Å². The standard InChI is InChI=1S/C12H18O5/c1-9(2)12(14)15-7-11(13)17-8-16-10-5-3-4-6-10/h10H,1,3-8H2,2H3. The van der Waals surface area contributed by atoms with Gasteiger partial charge in [0.1, 0.15) is 0 Å². The summed E-state index contributed by atoms with van der Waals surface area (Å²) in [6, 6.07) is 0. The minimum atomic E-state index is -0.613. The Kier molecular flexibility index (Phi) is 5.69. The van der Waals surface area contributed by atoms with Gasteiger partial charge < -0.3 is 14.2 Å². The van der Waals surface area contributed by atoms with Gasteiger partial charge in [-0.15, -0.1) is 0 Å². The first kappa shape index (κ1) is 13.7. The van der Waals surface area contributed by atoms with Gasteiger partial charge in [0, 0.05) is 5.57 Å². The van der Waals surface area contributed by atoms with Gasteiger partial charge in [-0.05, 0) is 19.8 Å². The van der Waals surface area contributed by atoms with Crippen molar-refractivity contribution in [1.82, 2.24) is 0 Å². The van der Waals surface area contributed by atoms with E-state index in [1.165, 1.54) is 6.92 Å². The smallest absolute Gasteiger partial charge is 0.346 e. The molecule has 0 N–H and O–H groups in total. The van der Waals surface area contributed by atoms with Crippen LogP contribution in [0, 0.1) is 0 Å². The van der Waals surface area contributed by atoms with Gasteiger partial charge >= 0.3 is 11.9 Å². The van der Waals surface area contributed by atoms with Crippen molar-refractivity contribution in [1.29, 1.82) is 0 Å². The van der Waals surface area contributed by atoms with E-state index in [1.807, 2.05) is 0 Å². The molecule has 0 unspecified atom stereocenters. The molecule has 17 heavy (non-hydrogen) atoms. The summed E-state index contributed by atoms with van der Waals surface area (Å²) < 4.78 is 14.7. The Labute approximate surface area is 101 Å². The van der Waals surface area contributed by atoms with Crippen molar-refractivity contribution in [3.05, 3.63) is 12.2 Å². The molecule has 1 rings (SSSR count). The molecule has 0 aromatic carbocycles. The van der Waals surface area contributed by atoms with Crippen molar-refractivity contribution in [2.75, 3.05) is 13.4 Å². The molecule has 1 aliphatic rings.